The molecule has 0 fully saturated rings. The number of nitrogens with one attached hydrogen (secondary N) is 1. The molecule has 0 bridgehead atoms. The molecule has 154 valence electrons. The number of ether oxygens (including phenoxy) is 2. The van der Waals surface area contributed by atoms with E-state index in [0.29, 0.717) is 13.0 Å². The van der Waals surface area contributed by atoms with E-state index in [-0.39, 0.29) is 6.61 Å². The Morgan fingerprint density at radius 1 is 1.00 bits per heavy atom. The molecule has 1 unspecified atom stereocenters. The fraction of sp³-hybridized carbons (Fsp3) is 0.435. The normalized spacial score (nSPS) is 11.6. The summed E-state index contributed by atoms with van der Waals surface area (Å²) in [5, 5.41) is 12.2. The van der Waals surface area contributed by atoms with Gasteiger partial charge in [-0.05, 0) is 50.5 Å². The second-order valence-corrected chi connectivity index (χ2v) is 7.15. The summed E-state index contributed by atoms with van der Waals surface area (Å²) < 4.78 is 11.0. The van der Waals surface area contributed by atoms with Crippen LogP contribution in [0.25, 0.3) is 0 Å². The van der Waals surface area contributed by atoms with Gasteiger partial charge in [0.2, 0.25) is 0 Å². The highest BCUT2D eigenvalue weighted by molar-refractivity contribution is 5.68. The summed E-state index contributed by atoms with van der Waals surface area (Å²) in [4.78, 5) is 11.8. The number of aliphatic hydroxyl groups is 1. The molecule has 0 saturated heterocycles. The van der Waals surface area contributed by atoms with E-state index in [9.17, 15) is 9.90 Å². The Bertz CT molecular complexity index is 678. The third-order valence-corrected chi connectivity index (χ3v) is 3.60. The van der Waals surface area contributed by atoms with E-state index in [1.54, 1.807) is 20.8 Å². The van der Waals surface area contributed by atoms with Gasteiger partial charge >= 0.3 is 6.09 Å². The summed E-state index contributed by atoms with van der Waals surface area (Å²) >= 11 is 0. The van der Waals surface area contributed by atoms with Crippen LogP contribution in [-0.4, -0.2) is 29.4 Å². The predicted octanol–water partition coefficient (Wildman–Crippen LogP) is 4.72. The zero-order chi connectivity index (χ0) is 21.0. The Hall–Kier alpha value is -2.53. The van der Waals surface area contributed by atoms with E-state index in [4.69, 9.17) is 9.47 Å². The van der Waals surface area contributed by atoms with Crippen LogP contribution in [-0.2, 0) is 17.8 Å². The molecule has 5 heteroatoms. The molecule has 0 aliphatic rings. The minimum atomic E-state index is -0.568. The SMILES string of the molecule is CC.CC(C)(C)OC(=O)NC(CO)Cc1ccc(OCc2ccccc2)cc1. The minimum Gasteiger partial charge on any atom is -0.489 e. The van der Waals surface area contributed by atoms with Crippen molar-refractivity contribution in [3.63, 3.8) is 0 Å². The van der Waals surface area contributed by atoms with Crippen molar-refractivity contribution in [2.24, 2.45) is 0 Å². The van der Waals surface area contributed by atoms with Gasteiger partial charge in [-0.25, -0.2) is 4.79 Å². The molecule has 2 rings (SSSR count). The number of rotatable bonds is 7. The number of benzene rings is 2. The molecule has 5 nitrogen and oxygen atoms in total. The molecule has 1 atom stereocenters. The van der Waals surface area contributed by atoms with Crippen molar-refractivity contribution in [1.82, 2.24) is 5.32 Å². The minimum absolute atomic E-state index is 0.161. The highest BCUT2D eigenvalue weighted by atomic mass is 16.6. The third kappa shape index (κ3) is 9.42. The lowest BCUT2D eigenvalue weighted by molar-refractivity contribution is 0.0483. The molecule has 2 aromatic rings. The predicted molar refractivity (Wildman–Crippen MR) is 113 cm³/mol. The van der Waals surface area contributed by atoms with Crippen molar-refractivity contribution in [2.45, 2.75) is 59.3 Å². The number of aliphatic hydroxyl groups excluding tert-OH is 1. The van der Waals surface area contributed by atoms with Gasteiger partial charge in [0.1, 0.15) is 18.0 Å². The van der Waals surface area contributed by atoms with Crippen molar-refractivity contribution in [1.29, 1.82) is 0 Å². The molecule has 2 aromatic carbocycles. The Morgan fingerprint density at radius 3 is 2.14 bits per heavy atom. The first kappa shape index (κ1) is 23.5. The molecular formula is C23H33NO4. The summed E-state index contributed by atoms with van der Waals surface area (Å²) in [5.41, 5.74) is 1.53. The average molecular weight is 388 g/mol. The number of hydrogen-bond acceptors (Lipinski definition) is 4. The first-order valence-electron chi connectivity index (χ1n) is 9.72. The Kier molecular flexibility index (Phi) is 10.1. The monoisotopic (exact) mass is 387 g/mol. The highest BCUT2D eigenvalue weighted by Crippen LogP contribution is 2.15. The fourth-order valence-corrected chi connectivity index (χ4v) is 2.38. The molecule has 0 heterocycles. The molecule has 0 spiro atoms. The molecule has 0 radical (unpaired) electrons. The van der Waals surface area contributed by atoms with Crippen LogP contribution in [0.2, 0.25) is 0 Å². The van der Waals surface area contributed by atoms with Gasteiger partial charge in [0.05, 0.1) is 12.6 Å². The van der Waals surface area contributed by atoms with E-state index < -0.39 is 17.7 Å². The second kappa shape index (κ2) is 12.0. The maximum Gasteiger partial charge on any atom is 0.407 e. The van der Waals surface area contributed by atoms with Crippen LogP contribution in [0.5, 0.6) is 5.75 Å². The van der Waals surface area contributed by atoms with Crippen molar-refractivity contribution >= 4 is 6.09 Å². The molecule has 0 aliphatic heterocycles. The smallest absolute Gasteiger partial charge is 0.407 e. The average Bonchev–Trinajstić information content (AvgIpc) is 2.68. The van der Waals surface area contributed by atoms with E-state index in [2.05, 4.69) is 5.32 Å². The summed E-state index contributed by atoms with van der Waals surface area (Å²) in [7, 11) is 0. The van der Waals surface area contributed by atoms with Crippen molar-refractivity contribution < 1.29 is 19.4 Å². The van der Waals surface area contributed by atoms with E-state index in [0.717, 1.165) is 16.9 Å². The maximum atomic E-state index is 11.8. The fourth-order valence-electron chi connectivity index (χ4n) is 2.38. The molecule has 0 aromatic heterocycles. The lowest BCUT2D eigenvalue weighted by atomic mass is 10.1. The first-order valence-corrected chi connectivity index (χ1v) is 9.72. The summed E-state index contributed by atoms with van der Waals surface area (Å²) in [5.74, 6) is 0.776. The maximum absolute atomic E-state index is 11.8. The van der Waals surface area contributed by atoms with Crippen LogP contribution in [0.3, 0.4) is 0 Å². The number of hydrogen-bond donors (Lipinski definition) is 2. The Morgan fingerprint density at radius 2 is 1.61 bits per heavy atom. The van der Waals surface area contributed by atoms with Crippen LogP contribution in [0.4, 0.5) is 4.79 Å². The topological polar surface area (TPSA) is 67.8 Å². The summed E-state index contributed by atoms with van der Waals surface area (Å²) in [6.45, 7) is 9.75. The van der Waals surface area contributed by atoms with Gasteiger partial charge in [0.25, 0.3) is 0 Å². The van der Waals surface area contributed by atoms with Gasteiger partial charge in [-0.2, -0.15) is 0 Å². The molecule has 2 N–H and O–H groups in total. The lowest BCUT2D eigenvalue weighted by Crippen LogP contribution is -2.42. The lowest BCUT2D eigenvalue weighted by Gasteiger charge is -2.22. The van der Waals surface area contributed by atoms with E-state index in [1.165, 1.54) is 0 Å². The van der Waals surface area contributed by atoms with Gasteiger partial charge < -0.3 is 19.9 Å². The largest absolute Gasteiger partial charge is 0.489 e. The number of amides is 1. The zero-order valence-corrected chi connectivity index (χ0v) is 17.6. The van der Waals surface area contributed by atoms with Crippen LogP contribution in [0.1, 0.15) is 45.7 Å². The van der Waals surface area contributed by atoms with Gasteiger partial charge in [0, 0.05) is 0 Å². The van der Waals surface area contributed by atoms with E-state index in [1.807, 2.05) is 68.4 Å². The number of alkyl carbamates (subject to hydrolysis) is 1. The van der Waals surface area contributed by atoms with Gasteiger partial charge in [-0.3, -0.25) is 0 Å². The Labute approximate surface area is 168 Å². The second-order valence-electron chi connectivity index (χ2n) is 7.15. The highest BCUT2D eigenvalue weighted by Gasteiger charge is 2.19. The van der Waals surface area contributed by atoms with E-state index >= 15 is 0 Å². The van der Waals surface area contributed by atoms with Gasteiger partial charge in [-0.15, -0.1) is 0 Å². The zero-order valence-electron chi connectivity index (χ0n) is 17.6. The first-order chi connectivity index (χ1) is 13.4. The van der Waals surface area contributed by atoms with Crippen molar-refractivity contribution in [3.8, 4) is 5.75 Å². The standard InChI is InChI=1S/C21H27NO4.C2H6/c1-21(2,3)26-20(24)22-18(14-23)13-16-9-11-19(12-10-16)25-15-17-7-5-4-6-8-17;1-2/h4-12,18,23H,13-15H2,1-3H3,(H,22,24);1-2H3. The molecule has 0 aliphatic carbocycles. The molecule has 1 amide bonds. The third-order valence-electron chi connectivity index (χ3n) is 3.60. The van der Waals surface area contributed by atoms with Crippen LogP contribution in [0.15, 0.2) is 54.6 Å². The summed E-state index contributed by atoms with van der Waals surface area (Å²) in [6, 6.07) is 17.2. The van der Waals surface area contributed by atoms with Crippen LogP contribution in [0, 0.1) is 0 Å². The van der Waals surface area contributed by atoms with Crippen molar-refractivity contribution in [3.05, 3.63) is 65.7 Å². The molecular weight excluding hydrogens is 354 g/mol. The summed E-state index contributed by atoms with van der Waals surface area (Å²) in [6.07, 6.45) is -0.0197. The molecule has 0 saturated carbocycles. The van der Waals surface area contributed by atoms with Gasteiger partial charge in [-0.1, -0.05) is 56.3 Å². The number of carbonyl (C=O) groups excluding carboxylic acids is 1. The Balaban J connectivity index is 0.00000190. The number of carbonyl (C=O) groups is 1. The quantitative estimate of drug-likeness (QED) is 0.721. The molecule has 28 heavy (non-hydrogen) atoms. The van der Waals surface area contributed by atoms with Gasteiger partial charge in [0.15, 0.2) is 0 Å². The van der Waals surface area contributed by atoms with Crippen LogP contribution >= 0.6 is 0 Å². The van der Waals surface area contributed by atoms with Crippen LogP contribution < -0.4 is 10.1 Å². The van der Waals surface area contributed by atoms with Crippen molar-refractivity contribution in [2.75, 3.05) is 6.61 Å².